The van der Waals surface area contributed by atoms with Crippen molar-refractivity contribution in [3.05, 3.63) is 65.7 Å². The Hall–Kier alpha value is -2.23. The van der Waals surface area contributed by atoms with Crippen LogP contribution in [0.25, 0.3) is 0 Å². The Kier molecular flexibility index (Phi) is 3.01. The van der Waals surface area contributed by atoms with Gasteiger partial charge in [-0.15, -0.1) is 0 Å². The highest BCUT2D eigenvalue weighted by Gasteiger charge is 2.59. The second-order valence-electron chi connectivity index (χ2n) is 4.87. The van der Waals surface area contributed by atoms with Gasteiger partial charge in [-0.05, 0) is 18.1 Å². The lowest BCUT2D eigenvalue weighted by molar-refractivity contribution is -0.193. The molecule has 1 aliphatic heterocycles. The van der Waals surface area contributed by atoms with E-state index in [1.54, 1.807) is 6.07 Å². The van der Waals surface area contributed by atoms with Crippen molar-refractivity contribution in [1.82, 2.24) is 4.98 Å². The van der Waals surface area contributed by atoms with E-state index in [0.29, 0.717) is 12.0 Å². The molecule has 0 spiro atoms. The highest BCUT2D eigenvalue weighted by atomic mass is 19.1. The average Bonchev–Trinajstić information content (AvgIpc) is 2.48. The van der Waals surface area contributed by atoms with Gasteiger partial charge in [0.25, 0.3) is 0 Å². The minimum Gasteiger partial charge on any atom is -0.455 e. The Morgan fingerprint density at radius 3 is 2.65 bits per heavy atom. The zero-order valence-electron chi connectivity index (χ0n) is 11.0. The van der Waals surface area contributed by atoms with Crippen LogP contribution in [-0.4, -0.2) is 11.0 Å². The number of carbonyl (C=O) groups is 1. The number of hydrogen-bond donors (Lipinski definition) is 0. The average molecular weight is 271 g/mol. The molecule has 2 heterocycles. The first kappa shape index (κ1) is 12.8. The topological polar surface area (TPSA) is 39.2 Å². The summed E-state index contributed by atoms with van der Waals surface area (Å²) >= 11 is 0. The number of carbonyl (C=O) groups excluding carboxylic acids is 1. The van der Waals surface area contributed by atoms with Crippen LogP contribution in [0.3, 0.4) is 0 Å². The largest absolute Gasteiger partial charge is 0.455 e. The molecule has 1 aromatic heterocycles. The summed E-state index contributed by atoms with van der Waals surface area (Å²) in [5.41, 5.74) is 0.439. The van der Waals surface area contributed by atoms with E-state index in [1.807, 2.05) is 37.3 Å². The Morgan fingerprint density at radius 1 is 1.30 bits per heavy atom. The second-order valence-corrected chi connectivity index (χ2v) is 4.87. The van der Waals surface area contributed by atoms with Gasteiger partial charge in [0.2, 0.25) is 0 Å². The van der Waals surface area contributed by atoms with Gasteiger partial charge in [0.05, 0.1) is 6.20 Å². The third-order valence-electron chi connectivity index (χ3n) is 3.97. The second kappa shape index (κ2) is 4.71. The minimum atomic E-state index is -0.802. The summed E-state index contributed by atoms with van der Waals surface area (Å²) in [6.45, 7) is 1.92. The molecule has 2 atom stereocenters. The van der Waals surface area contributed by atoms with Crippen molar-refractivity contribution >= 4 is 5.97 Å². The molecule has 0 bridgehead atoms. The first-order chi connectivity index (χ1) is 9.70. The van der Waals surface area contributed by atoms with Crippen molar-refractivity contribution < 1.29 is 13.9 Å². The van der Waals surface area contributed by atoms with E-state index in [-0.39, 0.29) is 5.97 Å². The maximum absolute atomic E-state index is 13.9. The maximum Gasteiger partial charge on any atom is 0.321 e. The van der Waals surface area contributed by atoms with Crippen LogP contribution < -0.4 is 0 Å². The monoisotopic (exact) mass is 271 g/mol. The molecule has 0 N–H and O–H groups in total. The fourth-order valence-electron chi connectivity index (χ4n) is 2.83. The Bertz CT molecular complexity index is 644. The smallest absolute Gasteiger partial charge is 0.321 e. The molecule has 0 unspecified atom stereocenters. The summed E-state index contributed by atoms with van der Waals surface area (Å²) < 4.78 is 19.2. The Morgan fingerprint density at radius 2 is 2.05 bits per heavy atom. The molecule has 0 saturated carbocycles. The van der Waals surface area contributed by atoms with Crippen molar-refractivity contribution in [3.63, 3.8) is 0 Å². The van der Waals surface area contributed by atoms with Crippen molar-refractivity contribution in [3.8, 4) is 0 Å². The molecular weight excluding hydrogens is 257 g/mol. The predicted molar refractivity (Wildman–Crippen MR) is 71.4 cm³/mol. The van der Waals surface area contributed by atoms with Gasteiger partial charge in [-0.25, -0.2) is 4.39 Å². The van der Waals surface area contributed by atoms with Gasteiger partial charge in [-0.1, -0.05) is 37.3 Å². The van der Waals surface area contributed by atoms with E-state index in [9.17, 15) is 9.18 Å². The lowest BCUT2D eigenvalue weighted by Gasteiger charge is -2.47. The van der Waals surface area contributed by atoms with E-state index in [1.165, 1.54) is 6.20 Å². The fourth-order valence-corrected chi connectivity index (χ4v) is 2.83. The quantitative estimate of drug-likeness (QED) is 0.805. The van der Waals surface area contributed by atoms with Crippen LogP contribution in [0.4, 0.5) is 4.39 Å². The highest BCUT2D eigenvalue weighted by Crippen LogP contribution is 2.52. The summed E-state index contributed by atoms with van der Waals surface area (Å²) in [6.07, 6.45) is 2.62. The van der Waals surface area contributed by atoms with Gasteiger partial charge in [0.15, 0.2) is 0 Å². The maximum atomic E-state index is 13.9. The molecule has 0 aliphatic carbocycles. The molecule has 20 heavy (non-hydrogen) atoms. The number of ether oxygens (including phenoxy) is 1. The van der Waals surface area contributed by atoms with Crippen LogP contribution in [0.15, 0.2) is 48.8 Å². The lowest BCUT2D eigenvalue weighted by Crippen LogP contribution is -2.54. The SMILES string of the molecule is CC[C@@]1(c2ccccc2)C(=O)O[C@@H]1c1ccncc1F. The number of aromatic nitrogens is 1. The molecular formula is C16H14FNO2. The van der Waals surface area contributed by atoms with Crippen molar-refractivity contribution in [2.24, 2.45) is 0 Å². The summed E-state index contributed by atoms with van der Waals surface area (Å²) in [4.78, 5) is 15.9. The minimum absolute atomic E-state index is 0.299. The van der Waals surface area contributed by atoms with Crippen LogP contribution >= 0.6 is 0 Å². The van der Waals surface area contributed by atoms with Crippen LogP contribution in [-0.2, 0) is 14.9 Å². The number of hydrogen-bond acceptors (Lipinski definition) is 3. The molecule has 1 aromatic carbocycles. The number of pyridine rings is 1. The number of nitrogens with zero attached hydrogens (tertiary/aromatic N) is 1. The van der Waals surface area contributed by atoms with Crippen LogP contribution in [0.2, 0.25) is 0 Å². The van der Waals surface area contributed by atoms with Crippen molar-refractivity contribution in [2.75, 3.05) is 0 Å². The number of benzene rings is 1. The van der Waals surface area contributed by atoms with Gasteiger partial charge >= 0.3 is 5.97 Å². The summed E-state index contributed by atoms with van der Waals surface area (Å²) in [6, 6.07) is 11.0. The van der Waals surface area contributed by atoms with Gasteiger partial charge in [0.1, 0.15) is 17.3 Å². The zero-order chi connectivity index (χ0) is 14.2. The highest BCUT2D eigenvalue weighted by molar-refractivity contribution is 5.90. The van der Waals surface area contributed by atoms with Crippen molar-refractivity contribution in [2.45, 2.75) is 24.9 Å². The third kappa shape index (κ3) is 1.64. The van der Waals surface area contributed by atoms with E-state index in [4.69, 9.17) is 4.74 Å². The molecule has 3 rings (SSSR count). The lowest BCUT2D eigenvalue weighted by atomic mass is 9.67. The molecule has 0 amide bonds. The molecule has 4 heteroatoms. The van der Waals surface area contributed by atoms with Gasteiger partial charge in [-0.2, -0.15) is 0 Å². The first-order valence-corrected chi connectivity index (χ1v) is 6.56. The predicted octanol–water partition coefficient (Wildman–Crippen LogP) is 3.17. The molecule has 1 fully saturated rings. The van der Waals surface area contributed by atoms with E-state index in [0.717, 1.165) is 11.8 Å². The van der Waals surface area contributed by atoms with E-state index < -0.39 is 17.3 Å². The third-order valence-corrected chi connectivity index (χ3v) is 3.97. The van der Waals surface area contributed by atoms with Crippen LogP contribution in [0, 0.1) is 5.82 Å². The van der Waals surface area contributed by atoms with Crippen LogP contribution in [0.5, 0.6) is 0 Å². The molecule has 1 aliphatic rings. The summed E-state index contributed by atoms with van der Waals surface area (Å²) in [5, 5.41) is 0. The normalized spacial score (nSPS) is 24.9. The number of halogens is 1. The molecule has 3 nitrogen and oxygen atoms in total. The molecule has 2 aromatic rings. The summed E-state index contributed by atoms with van der Waals surface area (Å²) in [5.74, 6) is -0.744. The molecule has 0 radical (unpaired) electrons. The van der Waals surface area contributed by atoms with Crippen molar-refractivity contribution in [1.29, 1.82) is 0 Å². The summed E-state index contributed by atoms with van der Waals surface area (Å²) in [7, 11) is 0. The van der Waals surface area contributed by atoms with E-state index >= 15 is 0 Å². The van der Waals surface area contributed by atoms with Gasteiger partial charge in [-0.3, -0.25) is 9.78 Å². The van der Waals surface area contributed by atoms with E-state index in [2.05, 4.69) is 4.98 Å². The van der Waals surface area contributed by atoms with Crippen LogP contribution in [0.1, 0.15) is 30.6 Å². The zero-order valence-corrected chi connectivity index (χ0v) is 11.0. The molecule has 1 saturated heterocycles. The number of rotatable bonds is 3. The molecule has 102 valence electrons. The number of cyclic esters (lactones) is 1. The number of esters is 1. The standard InChI is InChI=1S/C16H14FNO2/c1-2-16(11-6-4-3-5-7-11)14(20-15(16)19)12-8-9-18-10-13(12)17/h3-10,14H,2H2,1H3/t14-,16+/m1/s1. The van der Waals surface area contributed by atoms with Gasteiger partial charge < -0.3 is 4.74 Å². The first-order valence-electron chi connectivity index (χ1n) is 6.56. The fraction of sp³-hybridized carbons (Fsp3) is 0.250. The Balaban J connectivity index is 2.10. The Labute approximate surface area is 116 Å². The van der Waals surface area contributed by atoms with Gasteiger partial charge in [0, 0.05) is 11.8 Å².